The van der Waals surface area contributed by atoms with E-state index in [2.05, 4.69) is 9.97 Å². The van der Waals surface area contributed by atoms with E-state index >= 15 is 0 Å². The van der Waals surface area contributed by atoms with E-state index < -0.39 is 0 Å². The Hall–Kier alpha value is -3.28. The monoisotopic (exact) mass is 346 g/mol. The average molecular weight is 346 g/mol. The highest BCUT2D eigenvalue weighted by molar-refractivity contribution is 6.06. The number of aromatic nitrogens is 2. The maximum Gasteiger partial charge on any atom is 0.272 e. The van der Waals surface area contributed by atoms with E-state index in [0.29, 0.717) is 37.4 Å². The molecular weight excluding hydrogens is 328 g/mol. The van der Waals surface area contributed by atoms with Gasteiger partial charge in [0.25, 0.3) is 11.8 Å². The molecule has 0 saturated carbocycles. The number of benzene rings is 1. The highest BCUT2D eigenvalue weighted by atomic mass is 16.2. The molecule has 1 saturated heterocycles. The summed E-state index contributed by atoms with van der Waals surface area (Å²) in [5, 5.41) is 0.854. The molecule has 3 aromatic rings. The van der Waals surface area contributed by atoms with Crippen molar-refractivity contribution >= 4 is 22.7 Å². The van der Waals surface area contributed by atoms with E-state index in [0.717, 1.165) is 10.9 Å². The number of amides is 2. The molecular formula is C20H18N4O2. The molecule has 2 aromatic heterocycles. The van der Waals surface area contributed by atoms with Gasteiger partial charge in [0.2, 0.25) is 0 Å². The molecule has 1 aromatic carbocycles. The van der Waals surface area contributed by atoms with E-state index in [1.165, 1.54) is 0 Å². The molecule has 0 bridgehead atoms. The summed E-state index contributed by atoms with van der Waals surface area (Å²) in [5.41, 5.74) is 1.90. The van der Waals surface area contributed by atoms with Gasteiger partial charge in [-0.1, -0.05) is 18.2 Å². The highest BCUT2D eigenvalue weighted by Crippen LogP contribution is 2.19. The Labute approximate surface area is 151 Å². The fraction of sp³-hybridized carbons (Fsp3) is 0.200. The van der Waals surface area contributed by atoms with Crippen molar-refractivity contribution in [1.82, 2.24) is 19.8 Å². The smallest absolute Gasteiger partial charge is 0.272 e. The first kappa shape index (κ1) is 16.2. The van der Waals surface area contributed by atoms with Crippen LogP contribution >= 0.6 is 0 Å². The van der Waals surface area contributed by atoms with Crippen LogP contribution in [0.25, 0.3) is 10.9 Å². The van der Waals surface area contributed by atoms with Gasteiger partial charge < -0.3 is 9.80 Å². The fourth-order valence-corrected chi connectivity index (χ4v) is 3.22. The molecule has 26 heavy (non-hydrogen) atoms. The van der Waals surface area contributed by atoms with Crippen LogP contribution in [-0.2, 0) is 0 Å². The summed E-state index contributed by atoms with van der Waals surface area (Å²) in [6.45, 7) is 2.02. The van der Waals surface area contributed by atoms with Gasteiger partial charge in [-0.3, -0.25) is 19.6 Å². The molecule has 0 N–H and O–H groups in total. The fourth-order valence-electron chi connectivity index (χ4n) is 3.22. The summed E-state index contributed by atoms with van der Waals surface area (Å²) in [4.78, 5) is 37.4. The molecule has 1 aliphatic rings. The lowest BCUT2D eigenvalue weighted by molar-refractivity contribution is 0.0533. The lowest BCUT2D eigenvalue weighted by Gasteiger charge is -2.34. The summed E-state index contributed by atoms with van der Waals surface area (Å²) in [6.07, 6.45) is 3.33. The number of rotatable bonds is 2. The molecule has 0 aliphatic carbocycles. The lowest BCUT2D eigenvalue weighted by atomic mass is 10.1. The molecule has 0 radical (unpaired) electrons. The van der Waals surface area contributed by atoms with Gasteiger partial charge in [0.1, 0.15) is 5.69 Å². The van der Waals surface area contributed by atoms with Crippen molar-refractivity contribution in [2.75, 3.05) is 26.2 Å². The van der Waals surface area contributed by atoms with Crippen LogP contribution in [0.15, 0.2) is 60.9 Å². The van der Waals surface area contributed by atoms with Gasteiger partial charge in [0.15, 0.2) is 0 Å². The van der Waals surface area contributed by atoms with Crippen molar-refractivity contribution in [3.8, 4) is 0 Å². The SMILES string of the molecule is O=C(c1ccccn1)N1CCN(C(=O)c2cccc3ncccc23)CC1. The van der Waals surface area contributed by atoms with Gasteiger partial charge in [-0.2, -0.15) is 0 Å². The Kier molecular flexibility index (Phi) is 4.31. The van der Waals surface area contributed by atoms with Crippen LogP contribution < -0.4 is 0 Å². The molecule has 0 spiro atoms. The molecule has 3 heterocycles. The van der Waals surface area contributed by atoms with Gasteiger partial charge in [0.05, 0.1) is 5.52 Å². The maximum atomic E-state index is 12.9. The summed E-state index contributed by atoms with van der Waals surface area (Å²) in [7, 11) is 0. The van der Waals surface area contributed by atoms with Crippen LogP contribution in [0, 0.1) is 0 Å². The Morgan fingerprint density at radius 3 is 2.19 bits per heavy atom. The van der Waals surface area contributed by atoms with E-state index in [4.69, 9.17) is 0 Å². The van der Waals surface area contributed by atoms with Gasteiger partial charge in [-0.05, 0) is 30.3 Å². The molecule has 0 unspecified atom stereocenters. The molecule has 1 fully saturated rings. The topological polar surface area (TPSA) is 66.4 Å². The number of hydrogen-bond acceptors (Lipinski definition) is 4. The van der Waals surface area contributed by atoms with Crippen molar-refractivity contribution in [3.63, 3.8) is 0 Å². The standard InChI is InChI=1S/C20H18N4O2/c25-19(16-5-3-8-17-15(16)6-4-10-21-17)23-11-13-24(14-12-23)20(26)18-7-1-2-9-22-18/h1-10H,11-14H2. The molecule has 2 amide bonds. The minimum absolute atomic E-state index is 0.0199. The third-order valence-corrected chi connectivity index (χ3v) is 4.61. The zero-order valence-corrected chi connectivity index (χ0v) is 14.2. The Morgan fingerprint density at radius 1 is 0.731 bits per heavy atom. The Morgan fingerprint density at radius 2 is 1.46 bits per heavy atom. The molecule has 0 atom stereocenters. The summed E-state index contributed by atoms with van der Waals surface area (Å²) in [5.74, 6) is -0.111. The average Bonchev–Trinajstić information content (AvgIpc) is 2.73. The van der Waals surface area contributed by atoms with Crippen molar-refractivity contribution < 1.29 is 9.59 Å². The maximum absolute atomic E-state index is 12.9. The van der Waals surface area contributed by atoms with Crippen LogP contribution in [-0.4, -0.2) is 57.8 Å². The van der Waals surface area contributed by atoms with Gasteiger partial charge in [-0.15, -0.1) is 0 Å². The quantitative estimate of drug-likeness (QED) is 0.714. The minimum Gasteiger partial charge on any atom is -0.335 e. The molecule has 4 rings (SSSR count). The van der Waals surface area contributed by atoms with Crippen LogP contribution in [0.3, 0.4) is 0 Å². The first-order valence-electron chi connectivity index (χ1n) is 8.57. The van der Waals surface area contributed by atoms with Crippen LogP contribution in [0.5, 0.6) is 0 Å². The number of carbonyl (C=O) groups excluding carboxylic acids is 2. The van der Waals surface area contributed by atoms with E-state index in [9.17, 15) is 9.59 Å². The second-order valence-corrected chi connectivity index (χ2v) is 6.18. The Bertz CT molecular complexity index is 945. The first-order chi connectivity index (χ1) is 12.7. The van der Waals surface area contributed by atoms with Gasteiger partial charge >= 0.3 is 0 Å². The van der Waals surface area contributed by atoms with Crippen LogP contribution in [0.1, 0.15) is 20.8 Å². The number of carbonyl (C=O) groups is 2. The molecule has 130 valence electrons. The second-order valence-electron chi connectivity index (χ2n) is 6.18. The van der Waals surface area contributed by atoms with Crippen molar-refractivity contribution in [3.05, 3.63) is 72.2 Å². The zero-order valence-electron chi connectivity index (χ0n) is 14.2. The highest BCUT2D eigenvalue weighted by Gasteiger charge is 2.26. The summed E-state index contributed by atoms with van der Waals surface area (Å²) < 4.78 is 0. The largest absolute Gasteiger partial charge is 0.335 e. The molecule has 6 nitrogen and oxygen atoms in total. The summed E-state index contributed by atoms with van der Waals surface area (Å²) >= 11 is 0. The van der Waals surface area contributed by atoms with Crippen molar-refractivity contribution in [1.29, 1.82) is 0 Å². The second kappa shape index (κ2) is 6.92. The van der Waals surface area contributed by atoms with E-state index in [-0.39, 0.29) is 11.8 Å². The zero-order chi connectivity index (χ0) is 17.9. The van der Waals surface area contributed by atoms with Crippen LogP contribution in [0.2, 0.25) is 0 Å². The number of nitrogens with zero attached hydrogens (tertiary/aromatic N) is 4. The predicted molar refractivity (Wildman–Crippen MR) is 97.8 cm³/mol. The van der Waals surface area contributed by atoms with Crippen molar-refractivity contribution in [2.24, 2.45) is 0 Å². The number of piperazine rings is 1. The predicted octanol–water partition coefficient (Wildman–Crippen LogP) is 2.23. The summed E-state index contributed by atoms with van der Waals surface area (Å²) in [6, 6.07) is 14.6. The van der Waals surface area contributed by atoms with Crippen LogP contribution in [0.4, 0.5) is 0 Å². The number of fused-ring (bicyclic) bond motifs is 1. The molecule has 6 heteroatoms. The Balaban J connectivity index is 1.48. The van der Waals surface area contributed by atoms with Gasteiger partial charge in [0, 0.05) is 49.5 Å². The van der Waals surface area contributed by atoms with E-state index in [1.54, 1.807) is 40.4 Å². The third kappa shape index (κ3) is 3.01. The minimum atomic E-state index is -0.0907. The van der Waals surface area contributed by atoms with Crippen molar-refractivity contribution in [2.45, 2.75) is 0 Å². The lowest BCUT2D eigenvalue weighted by Crippen LogP contribution is -2.50. The van der Waals surface area contributed by atoms with E-state index in [1.807, 2.05) is 30.3 Å². The third-order valence-electron chi connectivity index (χ3n) is 4.61. The first-order valence-corrected chi connectivity index (χ1v) is 8.57. The normalized spacial score (nSPS) is 14.5. The van der Waals surface area contributed by atoms with Gasteiger partial charge in [-0.25, -0.2) is 0 Å². The molecule has 1 aliphatic heterocycles. The number of pyridine rings is 2. The number of hydrogen-bond donors (Lipinski definition) is 0.